The fraction of sp³-hybridized carbons (Fsp3) is 0.133. The lowest BCUT2D eigenvalue weighted by molar-refractivity contribution is -0.113. The van der Waals surface area contributed by atoms with Gasteiger partial charge in [-0.05, 0) is 27.9 Å². The Kier molecular flexibility index (Phi) is 5.28. The van der Waals surface area contributed by atoms with E-state index in [2.05, 4.69) is 25.8 Å². The van der Waals surface area contributed by atoms with Crippen LogP contribution in [0.3, 0.4) is 0 Å². The van der Waals surface area contributed by atoms with Crippen molar-refractivity contribution >= 4 is 55.7 Å². The molecule has 0 aliphatic carbocycles. The van der Waals surface area contributed by atoms with Crippen molar-refractivity contribution in [2.24, 2.45) is 0 Å². The number of thiophene rings is 1. The molecule has 1 N–H and O–H groups in total. The molecule has 0 bridgehead atoms. The molecule has 13 heteroatoms. The summed E-state index contributed by atoms with van der Waals surface area (Å²) in [6, 6.07) is 4.71. The molecule has 0 unspecified atom stereocenters. The zero-order valence-corrected chi connectivity index (χ0v) is 16.2. The molecule has 1 amide bonds. The van der Waals surface area contributed by atoms with Gasteiger partial charge in [-0.25, -0.2) is 22.8 Å². The van der Waals surface area contributed by atoms with Crippen LogP contribution in [0.2, 0.25) is 0 Å². The first-order valence-corrected chi connectivity index (χ1v) is 10.3. The van der Waals surface area contributed by atoms with Gasteiger partial charge >= 0.3 is 0 Å². The lowest BCUT2D eigenvalue weighted by Crippen LogP contribution is -2.14. The monoisotopic (exact) mass is 442 g/mol. The van der Waals surface area contributed by atoms with Gasteiger partial charge in [0.05, 0.1) is 17.0 Å². The molecule has 0 aliphatic heterocycles. The number of hydrogen-bond donors (Lipinski definition) is 1. The van der Waals surface area contributed by atoms with E-state index in [1.807, 2.05) is 17.5 Å². The first-order chi connectivity index (χ1) is 13.5. The highest BCUT2D eigenvalue weighted by molar-refractivity contribution is 7.99. The number of rotatable bonds is 6. The van der Waals surface area contributed by atoms with Gasteiger partial charge in [-0.3, -0.25) is 4.79 Å². The van der Waals surface area contributed by atoms with E-state index in [9.17, 15) is 18.0 Å². The number of aromatic nitrogens is 5. The molecule has 1 aromatic carbocycles. The number of benzene rings is 1. The molecular formula is C15H9F3N6OS3. The minimum absolute atomic E-state index is 0.0219. The largest absolute Gasteiger partial charge is 0.301 e. The Morgan fingerprint density at radius 1 is 1.29 bits per heavy atom. The van der Waals surface area contributed by atoms with Gasteiger partial charge in [0, 0.05) is 4.88 Å². The van der Waals surface area contributed by atoms with Gasteiger partial charge in [0.2, 0.25) is 11.1 Å². The van der Waals surface area contributed by atoms with Crippen LogP contribution in [0.4, 0.5) is 18.3 Å². The molecule has 28 heavy (non-hydrogen) atoms. The van der Waals surface area contributed by atoms with Crippen molar-refractivity contribution in [3.63, 3.8) is 0 Å². The van der Waals surface area contributed by atoms with Crippen LogP contribution in [0.5, 0.6) is 0 Å². The van der Waals surface area contributed by atoms with E-state index < -0.39 is 23.4 Å². The summed E-state index contributed by atoms with van der Waals surface area (Å²) in [5.41, 5.74) is -0.327. The van der Waals surface area contributed by atoms with Gasteiger partial charge in [0.1, 0.15) is 5.52 Å². The van der Waals surface area contributed by atoms with Crippen LogP contribution in [0.15, 0.2) is 28.7 Å². The first kappa shape index (κ1) is 18.8. The maximum Gasteiger partial charge on any atom is 0.236 e. The fourth-order valence-electron chi connectivity index (χ4n) is 2.26. The predicted molar refractivity (Wildman–Crippen MR) is 100 cm³/mol. The van der Waals surface area contributed by atoms with Crippen LogP contribution in [0.1, 0.15) is 4.88 Å². The molecular weight excluding hydrogens is 433 g/mol. The molecule has 7 nitrogen and oxygen atoms in total. The van der Waals surface area contributed by atoms with E-state index in [-0.39, 0.29) is 21.1 Å². The van der Waals surface area contributed by atoms with Crippen molar-refractivity contribution < 1.29 is 18.0 Å². The summed E-state index contributed by atoms with van der Waals surface area (Å²) in [7, 11) is 0. The first-order valence-electron chi connectivity index (χ1n) is 7.66. The maximum atomic E-state index is 13.7. The lowest BCUT2D eigenvalue weighted by Gasteiger charge is -2.03. The summed E-state index contributed by atoms with van der Waals surface area (Å²) < 4.78 is 42.0. The third kappa shape index (κ3) is 3.86. The molecule has 0 atom stereocenters. The molecule has 144 valence electrons. The number of anilines is 1. The Bertz CT molecular complexity index is 1140. The van der Waals surface area contributed by atoms with Crippen LogP contribution in [-0.2, 0) is 11.3 Å². The van der Waals surface area contributed by atoms with Gasteiger partial charge < -0.3 is 5.32 Å². The standard InChI is InChI=1S/C15H9F3N6OS3/c16-8-4-9-13(12(18)11(8)17)20-14(28-9)19-10(25)6-27-15-21-22-23-24(15)5-7-2-1-3-26-7/h1-4H,5-6H2,(H,19,20,25). The van der Waals surface area contributed by atoms with Gasteiger partial charge in [-0.15, -0.1) is 16.4 Å². The SMILES string of the molecule is O=C(CSc1nnnn1Cc1cccs1)Nc1nc2c(F)c(F)c(F)cc2s1. The van der Waals surface area contributed by atoms with Crippen molar-refractivity contribution in [2.75, 3.05) is 11.1 Å². The molecule has 3 heterocycles. The molecule has 0 saturated carbocycles. The second-order valence-electron chi connectivity index (χ2n) is 5.39. The third-order valence-electron chi connectivity index (χ3n) is 3.48. The molecule has 4 aromatic rings. The number of carbonyl (C=O) groups is 1. The summed E-state index contributed by atoms with van der Waals surface area (Å²) in [6.45, 7) is 0.489. The zero-order chi connectivity index (χ0) is 19.7. The molecule has 0 fully saturated rings. The predicted octanol–water partition coefficient (Wildman–Crippen LogP) is 3.54. The van der Waals surface area contributed by atoms with Gasteiger partial charge in [0.15, 0.2) is 22.6 Å². The summed E-state index contributed by atoms with van der Waals surface area (Å²) in [6.07, 6.45) is 0. The van der Waals surface area contributed by atoms with Crippen LogP contribution < -0.4 is 5.32 Å². The summed E-state index contributed by atoms with van der Waals surface area (Å²) >= 11 is 3.53. The highest BCUT2D eigenvalue weighted by atomic mass is 32.2. The normalized spacial score (nSPS) is 11.2. The highest BCUT2D eigenvalue weighted by Gasteiger charge is 2.18. The van der Waals surface area contributed by atoms with Crippen molar-refractivity contribution in [1.29, 1.82) is 0 Å². The molecule has 0 aliphatic rings. The molecule has 3 aromatic heterocycles. The number of halogens is 3. The van der Waals surface area contributed by atoms with E-state index in [0.717, 1.165) is 34.0 Å². The number of thiazole rings is 1. The smallest absolute Gasteiger partial charge is 0.236 e. The van der Waals surface area contributed by atoms with E-state index in [1.54, 1.807) is 16.0 Å². The molecule has 0 saturated heterocycles. The third-order valence-corrected chi connectivity index (χ3v) is 6.22. The summed E-state index contributed by atoms with van der Waals surface area (Å²) in [5.74, 6) is -4.74. The average Bonchev–Trinajstić information content (AvgIpc) is 3.40. The lowest BCUT2D eigenvalue weighted by atomic mass is 10.3. The van der Waals surface area contributed by atoms with Crippen molar-refractivity contribution in [1.82, 2.24) is 25.2 Å². The quantitative estimate of drug-likeness (QED) is 0.363. The number of nitrogens with one attached hydrogen (secondary N) is 1. The number of carbonyl (C=O) groups excluding carboxylic acids is 1. The van der Waals surface area contributed by atoms with Gasteiger partial charge in [-0.2, -0.15) is 0 Å². The topological polar surface area (TPSA) is 85.6 Å². The number of nitrogens with zero attached hydrogens (tertiary/aromatic N) is 5. The highest BCUT2D eigenvalue weighted by Crippen LogP contribution is 2.30. The Morgan fingerprint density at radius 3 is 2.93 bits per heavy atom. The fourth-order valence-corrected chi connectivity index (χ4v) is 4.53. The number of amides is 1. The Labute approximate surface area is 167 Å². The average molecular weight is 442 g/mol. The Hall–Kier alpha value is -2.51. The van der Waals surface area contributed by atoms with Crippen LogP contribution in [-0.4, -0.2) is 36.9 Å². The summed E-state index contributed by atoms with van der Waals surface area (Å²) in [4.78, 5) is 17.0. The van der Waals surface area contributed by atoms with Crippen molar-refractivity contribution in [3.05, 3.63) is 45.9 Å². The Morgan fingerprint density at radius 2 is 2.14 bits per heavy atom. The summed E-state index contributed by atoms with van der Waals surface area (Å²) in [5, 5.41) is 16.3. The molecule has 0 spiro atoms. The number of thioether (sulfide) groups is 1. The minimum Gasteiger partial charge on any atom is -0.301 e. The van der Waals surface area contributed by atoms with Gasteiger partial charge in [-0.1, -0.05) is 29.2 Å². The molecule has 4 rings (SSSR count). The Balaban J connectivity index is 1.41. The number of fused-ring (bicyclic) bond motifs is 1. The number of hydrogen-bond acceptors (Lipinski definition) is 8. The van der Waals surface area contributed by atoms with Crippen molar-refractivity contribution in [2.45, 2.75) is 11.7 Å². The number of tetrazole rings is 1. The second kappa shape index (κ2) is 7.85. The maximum absolute atomic E-state index is 13.7. The van der Waals surface area contributed by atoms with Crippen molar-refractivity contribution in [3.8, 4) is 0 Å². The van der Waals surface area contributed by atoms with Gasteiger partial charge in [0.25, 0.3) is 0 Å². The zero-order valence-electron chi connectivity index (χ0n) is 13.7. The van der Waals surface area contributed by atoms with E-state index >= 15 is 0 Å². The van der Waals surface area contributed by atoms with E-state index in [4.69, 9.17) is 0 Å². The van der Waals surface area contributed by atoms with E-state index in [1.165, 1.54) is 0 Å². The second-order valence-corrected chi connectivity index (χ2v) is 8.39. The van der Waals surface area contributed by atoms with Crippen LogP contribution in [0.25, 0.3) is 10.2 Å². The molecule has 0 radical (unpaired) electrons. The van der Waals surface area contributed by atoms with Crippen LogP contribution in [0, 0.1) is 17.5 Å². The van der Waals surface area contributed by atoms with E-state index in [0.29, 0.717) is 11.7 Å². The van der Waals surface area contributed by atoms with Crippen LogP contribution >= 0.6 is 34.4 Å². The minimum atomic E-state index is -1.59.